The molecule has 0 bridgehead atoms. The summed E-state index contributed by atoms with van der Waals surface area (Å²) in [6.07, 6.45) is 10.9. The van der Waals surface area contributed by atoms with Gasteiger partial charge < -0.3 is 20.1 Å². The highest BCUT2D eigenvalue weighted by atomic mass is 16.5. The van der Waals surface area contributed by atoms with Crippen LogP contribution in [0.25, 0.3) is 22.0 Å². The second-order valence-electron chi connectivity index (χ2n) is 10.2. The molecule has 1 aliphatic carbocycles. The van der Waals surface area contributed by atoms with Crippen LogP contribution in [0.5, 0.6) is 0 Å². The van der Waals surface area contributed by atoms with Crippen LogP contribution in [0.15, 0.2) is 65.6 Å². The third kappa shape index (κ3) is 5.32. The molecule has 0 atom stereocenters. The summed E-state index contributed by atoms with van der Waals surface area (Å²) in [7, 11) is 0. The van der Waals surface area contributed by atoms with Gasteiger partial charge in [0.1, 0.15) is 0 Å². The van der Waals surface area contributed by atoms with Crippen molar-refractivity contribution in [2.45, 2.75) is 58.4 Å². The summed E-state index contributed by atoms with van der Waals surface area (Å²) >= 11 is 0. The average Bonchev–Trinajstić information content (AvgIpc) is 3.61. The first-order valence-electron chi connectivity index (χ1n) is 13.7. The van der Waals surface area contributed by atoms with Crippen LogP contribution in [-0.2, 0) is 23.2 Å². The Morgan fingerprint density at radius 2 is 1.82 bits per heavy atom. The lowest BCUT2D eigenvalue weighted by Crippen LogP contribution is -2.35. The molecule has 0 radical (unpaired) electrons. The smallest absolute Gasteiger partial charge is 0.246 e. The van der Waals surface area contributed by atoms with Crippen molar-refractivity contribution in [3.63, 3.8) is 0 Å². The first-order valence-corrected chi connectivity index (χ1v) is 13.7. The molecule has 3 N–H and O–H groups in total. The van der Waals surface area contributed by atoms with Crippen LogP contribution in [0.3, 0.4) is 0 Å². The molecule has 3 heterocycles. The fourth-order valence-corrected chi connectivity index (χ4v) is 5.31. The molecule has 1 aliphatic rings. The number of fused-ring (bicyclic) bond motifs is 1. The van der Waals surface area contributed by atoms with Crippen molar-refractivity contribution in [3.8, 4) is 11.1 Å². The summed E-state index contributed by atoms with van der Waals surface area (Å²) in [6.45, 7) is 7.05. The normalized spacial score (nSPS) is 13.8. The number of carbonyl (C=O) groups is 1. The molecule has 9 nitrogen and oxygen atoms in total. The highest BCUT2D eigenvalue weighted by Gasteiger charge is 2.41. The van der Waals surface area contributed by atoms with Crippen molar-refractivity contribution in [1.29, 1.82) is 0 Å². The van der Waals surface area contributed by atoms with Crippen LogP contribution in [0.4, 0.5) is 5.95 Å². The van der Waals surface area contributed by atoms with Gasteiger partial charge in [-0.2, -0.15) is 4.98 Å². The number of nitrogens with two attached hydrogens (primary N) is 1. The molecule has 9 heteroatoms. The van der Waals surface area contributed by atoms with E-state index in [-0.39, 0.29) is 5.41 Å². The summed E-state index contributed by atoms with van der Waals surface area (Å²) in [5.74, 6) is 1.47. The number of benzene rings is 2. The van der Waals surface area contributed by atoms with Gasteiger partial charge in [-0.25, -0.2) is 9.97 Å². The van der Waals surface area contributed by atoms with Crippen molar-refractivity contribution < 1.29 is 9.32 Å². The lowest BCUT2D eigenvalue weighted by molar-refractivity contribution is -0.118. The number of aryl methyl sites for hydroxylation is 2. The van der Waals surface area contributed by atoms with Gasteiger partial charge >= 0.3 is 0 Å². The summed E-state index contributed by atoms with van der Waals surface area (Å²) in [6, 6.07) is 15.4. The molecular formula is C31H35N7O2. The third-order valence-corrected chi connectivity index (χ3v) is 7.81. The van der Waals surface area contributed by atoms with Crippen LogP contribution in [0.2, 0.25) is 0 Å². The van der Waals surface area contributed by atoms with Crippen molar-refractivity contribution in [2.24, 2.45) is 0 Å². The van der Waals surface area contributed by atoms with Gasteiger partial charge in [0.25, 0.3) is 0 Å². The topological polar surface area (TPSA) is 127 Å². The Morgan fingerprint density at radius 3 is 2.42 bits per heavy atom. The van der Waals surface area contributed by atoms with Gasteiger partial charge in [-0.3, -0.25) is 4.79 Å². The zero-order valence-corrected chi connectivity index (χ0v) is 23.2. The summed E-state index contributed by atoms with van der Waals surface area (Å²) < 4.78 is 4.93. The lowest BCUT2D eigenvalue weighted by atomic mass is 9.60. The van der Waals surface area contributed by atoms with Gasteiger partial charge in [0.05, 0.1) is 6.54 Å². The maximum absolute atomic E-state index is 10.5. The van der Waals surface area contributed by atoms with Crippen LogP contribution in [-0.4, -0.2) is 42.9 Å². The molecule has 1 amide bonds. The maximum atomic E-state index is 10.5. The van der Waals surface area contributed by atoms with Crippen molar-refractivity contribution in [2.75, 3.05) is 12.3 Å². The van der Waals surface area contributed by atoms with Gasteiger partial charge in [0.2, 0.25) is 18.2 Å². The van der Waals surface area contributed by atoms with Gasteiger partial charge in [0, 0.05) is 53.4 Å². The number of amides is 1. The van der Waals surface area contributed by atoms with E-state index in [2.05, 4.69) is 80.7 Å². The first kappa shape index (κ1) is 27.1. The average molecular weight is 538 g/mol. The zero-order chi connectivity index (χ0) is 28.1. The molecule has 6 rings (SSSR count). The molecular weight excluding hydrogens is 502 g/mol. The molecule has 0 spiro atoms. The van der Waals surface area contributed by atoms with Crippen LogP contribution in [0, 0.1) is 6.92 Å². The van der Waals surface area contributed by atoms with Crippen molar-refractivity contribution >= 4 is 23.3 Å². The molecule has 3 aromatic heterocycles. The number of hydrogen-bond acceptors (Lipinski definition) is 7. The molecule has 206 valence electrons. The number of aromatic nitrogens is 5. The fraction of sp³-hybridized carbons (Fsp3) is 0.323. The highest BCUT2D eigenvalue weighted by Crippen LogP contribution is 2.51. The standard InChI is InChI=1S/C23H22N4.C8H13N3O2/c1-15-4-2-5-19-20(14-25-21(15)19)23(10-3-11-23)18-8-6-16(7-9-18)17-12-26-22(24)27-13-17;1-3-7-9-8(13-10-7)5-11(4-2)6-12/h2,4-9,12-14,25H,3,10-11H2,1H3,(H2,24,26,27);6H,3-5H2,1-2H3. The van der Waals surface area contributed by atoms with Gasteiger partial charge in [0.15, 0.2) is 5.82 Å². The van der Waals surface area contributed by atoms with Gasteiger partial charge in [-0.1, -0.05) is 61.0 Å². The number of nitrogen functional groups attached to an aromatic ring is 1. The van der Waals surface area contributed by atoms with Crippen LogP contribution >= 0.6 is 0 Å². The van der Waals surface area contributed by atoms with Crippen molar-refractivity contribution in [1.82, 2.24) is 30.0 Å². The molecule has 0 saturated heterocycles. The monoisotopic (exact) mass is 537 g/mol. The Bertz CT molecular complexity index is 1570. The molecule has 1 fully saturated rings. The number of H-pyrrole nitrogens is 1. The van der Waals surface area contributed by atoms with E-state index in [0.717, 1.165) is 24.0 Å². The second kappa shape index (κ2) is 11.7. The van der Waals surface area contributed by atoms with Gasteiger partial charge in [-0.15, -0.1) is 0 Å². The Morgan fingerprint density at radius 1 is 1.07 bits per heavy atom. The largest absolute Gasteiger partial charge is 0.368 e. The summed E-state index contributed by atoms with van der Waals surface area (Å²) in [4.78, 5) is 27.8. The van der Waals surface area contributed by atoms with E-state index in [9.17, 15) is 4.79 Å². The molecule has 5 aromatic rings. The van der Waals surface area contributed by atoms with Crippen molar-refractivity contribution in [3.05, 3.63) is 89.5 Å². The second-order valence-corrected chi connectivity index (χ2v) is 10.2. The van der Waals surface area contributed by atoms with E-state index >= 15 is 0 Å². The summed E-state index contributed by atoms with van der Waals surface area (Å²) in [5.41, 5.74) is 13.2. The quantitative estimate of drug-likeness (QED) is 0.247. The minimum absolute atomic E-state index is 0.113. The molecule has 1 saturated carbocycles. The number of rotatable bonds is 8. The number of nitrogens with zero attached hydrogens (tertiary/aromatic N) is 5. The van der Waals surface area contributed by atoms with E-state index in [4.69, 9.17) is 10.3 Å². The number of para-hydroxylation sites is 1. The van der Waals surface area contributed by atoms with E-state index in [1.54, 1.807) is 17.3 Å². The van der Waals surface area contributed by atoms with E-state index in [1.165, 1.54) is 46.9 Å². The predicted molar refractivity (Wildman–Crippen MR) is 155 cm³/mol. The number of nitrogens with one attached hydrogen (secondary N) is 1. The molecule has 2 aromatic carbocycles. The number of aromatic amines is 1. The number of hydrogen-bond donors (Lipinski definition) is 2. The Balaban J connectivity index is 0.000000210. The first-order chi connectivity index (χ1) is 19.5. The molecule has 0 unspecified atom stereocenters. The highest BCUT2D eigenvalue weighted by molar-refractivity contribution is 5.87. The fourth-order valence-electron chi connectivity index (χ4n) is 5.31. The zero-order valence-electron chi connectivity index (χ0n) is 23.2. The summed E-state index contributed by atoms with van der Waals surface area (Å²) in [5, 5.41) is 5.08. The third-order valence-electron chi connectivity index (χ3n) is 7.81. The Hall–Kier alpha value is -4.53. The molecule has 0 aliphatic heterocycles. The SMILES string of the molecule is CCc1noc(CN(C=O)CC)n1.Cc1cccc2c(C3(c4ccc(-c5cnc(N)nc5)cc4)CCC3)c[nH]c12. The lowest BCUT2D eigenvalue weighted by Gasteiger charge is -2.43. The van der Waals surface area contributed by atoms with Crippen LogP contribution in [0.1, 0.15) is 61.5 Å². The van der Waals surface area contributed by atoms with Gasteiger partial charge in [-0.05, 0) is 48.9 Å². The maximum Gasteiger partial charge on any atom is 0.246 e. The Kier molecular flexibility index (Phi) is 7.91. The van der Waals surface area contributed by atoms with E-state index < -0.39 is 0 Å². The molecule has 40 heavy (non-hydrogen) atoms. The van der Waals surface area contributed by atoms with E-state index in [1.807, 2.05) is 13.8 Å². The Labute approximate surface area is 233 Å². The number of anilines is 1. The van der Waals surface area contributed by atoms with E-state index in [0.29, 0.717) is 30.8 Å². The number of carbonyl (C=O) groups excluding carboxylic acids is 1. The minimum atomic E-state index is 0.113. The van der Waals surface area contributed by atoms with Crippen LogP contribution < -0.4 is 5.73 Å². The predicted octanol–water partition coefficient (Wildman–Crippen LogP) is 5.60. The minimum Gasteiger partial charge on any atom is -0.368 e.